The highest BCUT2D eigenvalue weighted by Gasteiger charge is 2.10. The van der Waals surface area contributed by atoms with E-state index in [1.807, 2.05) is 0 Å². The number of nitrogens with zero attached hydrogens (tertiary/aromatic N) is 1. The molecule has 0 aliphatic carbocycles. The number of nitrogens with one attached hydrogen (secondary N) is 1. The van der Waals surface area contributed by atoms with Crippen molar-refractivity contribution in [3.63, 3.8) is 0 Å². The SMILES string of the molecule is O=Cc1ccc(NC(=O)c2ccc(N=O)c(F)c2)cc1. The van der Waals surface area contributed by atoms with Crippen molar-refractivity contribution in [2.45, 2.75) is 0 Å². The van der Waals surface area contributed by atoms with Gasteiger partial charge in [-0.1, -0.05) is 0 Å². The van der Waals surface area contributed by atoms with Crippen molar-refractivity contribution < 1.29 is 14.0 Å². The summed E-state index contributed by atoms with van der Waals surface area (Å²) in [6, 6.07) is 9.57. The molecule has 0 aliphatic rings. The summed E-state index contributed by atoms with van der Waals surface area (Å²) in [4.78, 5) is 32.6. The average Bonchev–Trinajstić information content (AvgIpc) is 2.48. The first kappa shape index (κ1) is 13.5. The molecule has 0 heterocycles. The third-order valence-corrected chi connectivity index (χ3v) is 2.61. The summed E-state index contributed by atoms with van der Waals surface area (Å²) in [6.45, 7) is 0. The highest BCUT2D eigenvalue weighted by molar-refractivity contribution is 6.04. The second-order valence-corrected chi connectivity index (χ2v) is 3.95. The Morgan fingerprint density at radius 2 is 1.85 bits per heavy atom. The van der Waals surface area contributed by atoms with E-state index in [0.29, 0.717) is 17.5 Å². The van der Waals surface area contributed by atoms with E-state index in [1.54, 1.807) is 24.3 Å². The lowest BCUT2D eigenvalue weighted by Gasteiger charge is -2.05. The smallest absolute Gasteiger partial charge is 0.255 e. The Kier molecular flexibility index (Phi) is 3.95. The zero-order chi connectivity index (χ0) is 14.5. The van der Waals surface area contributed by atoms with Crippen molar-refractivity contribution >= 4 is 23.6 Å². The van der Waals surface area contributed by atoms with Gasteiger partial charge in [0.2, 0.25) is 0 Å². The Bertz CT molecular complexity index is 669. The fourth-order valence-corrected chi connectivity index (χ4v) is 1.57. The fourth-order valence-electron chi connectivity index (χ4n) is 1.57. The minimum absolute atomic E-state index is 0.0642. The van der Waals surface area contributed by atoms with Gasteiger partial charge in [0, 0.05) is 16.8 Å². The molecule has 0 saturated carbocycles. The summed E-state index contributed by atoms with van der Waals surface area (Å²) >= 11 is 0. The van der Waals surface area contributed by atoms with Crippen molar-refractivity contribution in [1.82, 2.24) is 0 Å². The molecule has 0 atom stereocenters. The van der Waals surface area contributed by atoms with Crippen LogP contribution in [0.3, 0.4) is 0 Å². The van der Waals surface area contributed by atoms with Crippen LogP contribution in [-0.4, -0.2) is 12.2 Å². The van der Waals surface area contributed by atoms with E-state index in [9.17, 15) is 18.9 Å². The minimum atomic E-state index is -0.857. The number of hydrogen-bond donors (Lipinski definition) is 1. The number of aldehydes is 1. The van der Waals surface area contributed by atoms with Gasteiger partial charge in [-0.25, -0.2) is 4.39 Å². The normalized spacial score (nSPS) is 9.85. The fraction of sp³-hybridized carbons (Fsp3) is 0. The van der Waals surface area contributed by atoms with Crippen LogP contribution in [0.4, 0.5) is 15.8 Å². The van der Waals surface area contributed by atoms with E-state index >= 15 is 0 Å². The van der Waals surface area contributed by atoms with Crippen molar-refractivity contribution in [2.24, 2.45) is 5.18 Å². The zero-order valence-electron chi connectivity index (χ0n) is 10.2. The molecule has 0 spiro atoms. The van der Waals surface area contributed by atoms with Gasteiger partial charge < -0.3 is 5.32 Å². The summed E-state index contributed by atoms with van der Waals surface area (Å²) in [5.74, 6) is -1.39. The molecule has 2 rings (SSSR count). The molecule has 0 radical (unpaired) electrons. The van der Waals surface area contributed by atoms with Gasteiger partial charge in [0.25, 0.3) is 5.91 Å². The highest BCUT2D eigenvalue weighted by atomic mass is 19.1. The van der Waals surface area contributed by atoms with Crippen LogP contribution in [-0.2, 0) is 0 Å². The molecule has 2 aromatic carbocycles. The van der Waals surface area contributed by atoms with Crippen molar-refractivity contribution in [1.29, 1.82) is 0 Å². The molecule has 0 saturated heterocycles. The predicted molar refractivity (Wildman–Crippen MR) is 71.6 cm³/mol. The maximum absolute atomic E-state index is 13.3. The number of carbonyl (C=O) groups is 2. The standard InChI is InChI=1S/C14H9FN2O3/c15-12-7-10(3-6-13(12)17-20)14(19)16-11-4-1-9(8-18)2-5-11/h1-8H,(H,16,19). The monoisotopic (exact) mass is 272 g/mol. The van der Waals surface area contributed by atoms with Crippen molar-refractivity contribution in [3.8, 4) is 0 Å². The summed E-state index contributed by atoms with van der Waals surface area (Å²) < 4.78 is 13.3. The molecule has 6 heteroatoms. The van der Waals surface area contributed by atoms with Crippen LogP contribution in [0, 0.1) is 10.7 Å². The van der Waals surface area contributed by atoms with E-state index in [1.165, 1.54) is 6.07 Å². The number of halogens is 1. The molecule has 0 unspecified atom stereocenters. The molecule has 0 bridgehead atoms. The quantitative estimate of drug-likeness (QED) is 0.685. The maximum Gasteiger partial charge on any atom is 0.255 e. The van der Waals surface area contributed by atoms with E-state index in [0.717, 1.165) is 12.1 Å². The summed E-state index contributed by atoms with van der Waals surface area (Å²) in [7, 11) is 0. The number of rotatable bonds is 4. The Hall–Kier alpha value is -2.89. The Morgan fingerprint density at radius 1 is 1.15 bits per heavy atom. The van der Waals surface area contributed by atoms with Gasteiger partial charge in [0.05, 0.1) is 0 Å². The lowest BCUT2D eigenvalue weighted by Crippen LogP contribution is -2.12. The van der Waals surface area contributed by atoms with Crippen LogP contribution in [0.2, 0.25) is 0 Å². The molecule has 20 heavy (non-hydrogen) atoms. The number of carbonyl (C=O) groups excluding carboxylic acids is 2. The number of amides is 1. The average molecular weight is 272 g/mol. The summed E-state index contributed by atoms with van der Waals surface area (Å²) in [5, 5.41) is 5.03. The first-order chi connectivity index (χ1) is 9.63. The van der Waals surface area contributed by atoms with Gasteiger partial charge in [0.1, 0.15) is 12.0 Å². The molecule has 0 aliphatic heterocycles. The summed E-state index contributed by atoms with van der Waals surface area (Å²) in [5.41, 5.74) is 0.667. The number of nitroso groups, excluding NO2 is 1. The number of benzene rings is 2. The third-order valence-electron chi connectivity index (χ3n) is 2.61. The van der Waals surface area contributed by atoms with Gasteiger partial charge in [-0.15, -0.1) is 4.91 Å². The first-order valence-electron chi connectivity index (χ1n) is 5.63. The molecule has 5 nitrogen and oxygen atoms in total. The van der Waals surface area contributed by atoms with E-state index in [4.69, 9.17) is 0 Å². The topological polar surface area (TPSA) is 75.6 Å². The molecule has 100 valence electrons. The van der Waals surface area contributed by atoms with Crippen LogP contribution < -0.4 is 5.32 Å². The predicted octanol–water partition coefficient (Wildman–Crippen LogP) is 3.29. The maximum atomic E-state index is 13.3. The largest absolute Gasteiger partial charge is 0.322 e. The van der Waals surface area contributed by atoms with Crippen molar-refractivity contribution in [2.75, 3.05) is 5.32 Å². The Balaban J connectivity index is 2.16. The van der Waals surface area contributed by atoms with Crippen LogP contribution >= 0.6 is 0 Å². The molecule has 1 amide bonds. The zero-order valence-corrected chi connectivity index (χ0v) is 10.2. The van der Waals surface area contributed by atoms with Crippen LogP contribution in [0.25, 0.3) is 0 Å². The second-order valence-electron chi connectivity index (χ2n) is 3.95. The van der Waals surface area contributed by atoms with E-state index in [-0.39, 0.29) is 11.3 Å². The van der Waals surface area contributed by atoms with Gasteiger partial charge >= 0.3 is 0 Å². The number of anilines is 1. The molecule has 0 fully saturated rings. The third kappa shape index (κ3) is 2.92. The van der Waals surface area contributed by atoms with Crippen LogP contribution in [0.15, 0.2) is 47.6 Å². The molecule has 0 aromatic heterocycles. The second kappa shape index (κ2) is 5.83. The van der Waals surface area contributed by atoms with E-state index in [2.05, 4.69) is 10.5 Å². The molecule has 1 N–H and O–H groups in total. The van der Waals surface area contributed by atoms with Crippen LogP contribution in [0.5, 0.6) is 0 Å². The lowest BCUT2D eigenvalue weighted by molar-refractivity contribution is 0.102. The number of hydrogen-bond acceptors (Lipinski definition) is 4. The van der Waals surface area contributed by atoms with Crippen LogP contribution in [0.1, 0.15) is 20.7 Å². The lowest BCUT2D eigenvalue weighted by atomic mass is 10.1. The minimum Gasteiger partial charge on any atom is -0.322 e. The van der Waals surface area contributed by atoms with Gasteiger partial charge in [-0.3, -0.25) is 9.59 Å². The Morgan fingerprint density at radius 3 is 2.40 bits per heavy atom. The molecular weight excluding hydrogens is 263 g/mol. The Labute approximate surface area is 113 Å². The van der Waals surface area contributed by atoms with Gasteiger partial charge in [0.15, 0.2) is 5.82 Å². The van der Waals surface area contributed by atoms with Crippen molar-refractivity contribution in [3.05, 3.63) is 64.3 Å². The van der Waals surface area contributed by atoms with Gasteiger partial charge in [-0.2, -0.15) is 0 Å². The molecule has 2 aromatic rings. The molecular formula is C14H9FN2O3. The highest BCUT2D eigenvalue weighted by Crippen LogP contribution is 2.19. The van der Waals surface area contributed by atoms with E-state index < -0.39 is 11.7 Å². The first-order valence-corrected chi connectivity index (χ1v) is 5.63. The van der Waals surface area contributed by atoms with Gasteiger partial charge in [-0.05, 0) is 47.6 Å². The summed E-state index contributed by atoms with van der Waals surface area (Å²) in [6.07, 6.45) is 0.687.